The predicted octanol–water partition coefficient (Wildman–Crippen LogP) is 3.23. The van der Waals surface area contributed by atoms with Gasteiger partial charge in [-0.15, -0.1) is 0 Å². The summed E-state index contributed by atoms with van der Waals surface area (Å²) in [7, 11) is -1.93. The molecule has 0 spiro atoms. The summed E-state index contributed by atoms with van der Waals surface area (Å²) in [5, 5.41) is 0. The Balaban J connectivity index is 1.54. The van der Waals surface area contributed by atoms with Crippen molar-refractivity contribution >= 4 is 31.9 Å². The molecule has 1 saturated heterocycles. The topological polar surface area (TPSA) is 66.9 Å². The van der Waals surface area contributed by atoms with Crippen molar-refractivity contribution in [2.24, 2.45) is 0 Å². The molecule has 0 N–H and O–H groups in total. The standard InChI is InChI=1S/C21H25BrN2O4S/c1-16-15-19(8-9-20(16)22)29(26,27)24-13-11-23(12-14-24)21(25)10-5-17-3-6-18(28-2)7-4-17/h3-4,6-9,15H,5,10-14H2,1-2H3. The van der Waals surface area contributed by atoms with Crippen LogP contribution >= 0.6 is 15.9 Å². The molecule has 29 heavy (non-hydrogen) atoms. The molecule has 1 heterocycles. The second-order valence-electron chi connectivity index (χ2n) is 7.04. The minimum absolute atomic E-state index is 0.0531. The predicted molar refractivity (Wildman–Crippen MR) is 116 cm³/mol. The summed E-state index contributed by atoms with van der Waals surface area (Å²) in [6.45, 7) is 3.31. The Morgan fingerprint density at radius 2 is 1.72 bits per heavy atom. The number of methoxy groups -OCH3 is 1. The van der Waals surface area contributed by atoms with Crippen LogP contribution in [0.3, 0.4) is 0 Å². The molecule has 2 aromatic rings. The van der Waals surface area contributed by atoms with Crippen molar-refractivity contribution < 1.29 is 17.9 Å². The second kappa shape index (κ2) is 9.28. The zero-order chi connectivity index (χ0) is 21.0. The van der Waals surface area contributed by atoms with Gasteiger partial charge in [-0.3, -0.25) is 4.79 Å². The number of ether oxygens (including phenoxy) is 1. The van der Waals surface area contributed by atoms with E-state index in [4.69, 9.17) is 4.74 Å². The first-order valence-corrected chi connectivity index (χ1v) is 11.7. The van der Waals surface area contributed by atoms with Gasteiger partial charge in [0.1, 0.15) is 5.75 Å². The maximum atomic E-state index is 12.9. The second-order valence-corrected chi connectivity index (χ2v) is 9.84. The summed E-state index contributed by atoms with van der Waals surface area (Å²) in [5.41, 5.74) is 1.95. The van der Waals surface area contributed by atoms with Gasteiger partial charge < -0.3 is 9.64 Å². The van der Waals surface area contributed by atoms with Crippen LogP contribution in [0.2, 0.25) is 0 Å². The minimum atomic E-state index is -3.55. The zero-order valence-electron chi connectivity index (χ0n) is 16.6. The summed E-state index contributed by atoms with van der Waals surface area (Å²) in [4.78, 5) is 14.6. The lowest BCUT2D eigenvalue weighted by atomic mass is 10.1. The molecular weight excluding hydrogens is 456 g/mol. The lowest BCUT2D eigenvalue weighted by Crippen LogP contribution is -2.50. The first-order chi connectivity index (χ1) is 13.8. The molecule has 0 aromatic heterocycles. The summed E-state index contributed by atoms with van der Waals surface area (Å²) in [6.07, 6.45) is 1.06. The molecule has 0 bridgehead atoms. The van der Waals surface area contributed by atoms with Gasteiger partial charge in [0.2, 0.25) is 15.9 Å². The number of sulfonamides is 1. The van der Waals surface area contributed by atoms with E-state index in [2.05, 4.69) is 15.9 Å². The number of carbonyl (C=O) groups excluding carboxylic acids is 1. The largest absolute Gasteiger partial charge is 0.497 e. The number of aryl methyl sites for hydroxylation is 2. The van der Waals surface area contributed by atoms with E-state index in [-0.39, 0.29) is 10.8 Å². The van der Waals surface area contributed by atoms with Crippen LogP contribution in [0.1, 0.15) is 17.5 Å². The fourth-order valence-corrected chi connectivity index (χ4v) is 5.06. The van der Waals surface area contributed by atoms with Crippen LogP contribution in [0.4, 0.5) is 0 Å². The maximum absolute atomic E-state index is 12.9. The summed E-state index contributed by atoms with van der Waals surface area (Å²) < 4.78 is 33.3. The molecule has 1 aliphatic rings. The van der Waals surface area contributed by atoms with Gasteiger partial charge in [0.05, 0.1) is 12.0 Å². The summed E-state index contributed by atoms with van der Waals surface area (Å²) in [5.74, 6) is 0.843. The third kappa shape index (κ3) is 5.18. The lowest BCUT2D eigenvalue weighted by Gasteiger charge is -2.34. The molecule has 1 aliphatic heterocycles. The quantitative estimate of drug-likeness (QED) is 0.636. The third-order valence-corrected chi connectivity index (χ3v) is 7.93. The Morgan fingerprint density at radius 3 is 2.31 bits per heavy atom. The molecule has 1 fully saturated rings. The first-order valence-electron chi connectivity index (χ1n) is 9.48. The summed E-state index contributed by atoms with van der Waals surface area (Å²) in [6, 6.07) is 12.7. The maximum Gasteiger partial charge on any atom is 0.243 e. The number of piperazine rings is 1. The highest BCUT2D eigenvalue weighted by Gasteiger charge is 2.30. The Bertz CT molecular complexity index is 969. The number of carbonyl (C=O) groups is 1. The third-order valence-electron chi connectivity index (χ3n) is 5.15. The van der Waals surface area contributed by atoms with E-state index in [0.29, 0.717) is 39.0 Å². The normalized spacial score (nSPS) is 15.3. The molecule has 0 atom stereocenters. The van der Waals surface area contributed by atoms with E-state index in [0.717, 1.165) is 21.3 Å². The molecule has 8 heteroatoms. The zero-order valence-corrected chi connectivity index (χ0v) is 19.0. The van der Waals surface area contributed by atoms with Gasteiger partial charge in [-0.1, -0.05) is 28.1 Å². The van der Waals surface area contributed by atoms with Gasteiger partial charge in [0.25, 0.3) is 0 Å². The lowest BCUT2D eigenvalue weighted by molar-refractivity contribution is -0.132. The molecular formula is C21H25BrN2O4S. The Kier molecular flexibility index (Phi) is 6.97. The molecule has 0 unspecified atom stereocenters. The van der Waals surface area contributed by atoms with Crippen molar-refractivity contribution in [3.05, 3.63) is 58.1 Å². The van der Waals surface area contributed by atoms with Crippen molar-refractivity contribution in [1.29, 1.82) is 0 Å². The molecule has 2 aromatic carbocycles. The Labute approximate surface area is 180 Å². The van der Waals surface area contributed by atoms with Crippen LogP contribution in [0.15, 0.2) is 51.8 Å². The number of hydrogen-bond acceptors (Lipinski definition) is 4. The smallest absolute Gasteiger partial charge is 0.243 e. The SMILES string of the molecule is COc1ccc(CCC(=O)N2CCN(S(=O)(=O)c3ccc(Br)c(C)c3)CC2)cc1. The number of halogens is 1. The number of benzene rings is 2. The van der Waals surface area contributed by atoms with Gasteiger partial charge in [-0.2, -0.15) is 4.31 Å². The highest BCUT2D eigenvalue weighted by molar-refractivity contribution is 9.10. The molecule has 156 valence electrons. The molecule has 3 rings (SSSR count). The van der Waals surface area contributed by atoms with E-state index < -0.39 is 10.0 Å². The van der Waals surface area contributed by atoms with Crippen LogP contribution < -0.4 is 4.74 Å². The number of rotatable bonds is 6. The first kappa shape index (κ1) is 21.8. The van der Waals surface area contributed by atoms with Gasteiger partial charge in [0, 0.05) is 37.1 Å². The minimum Gasteiger partial charge on any atom is -0.497 e. The van der Waals surface area contributed by atoms with Gasteiger partial charge in [0.15, 0.2) is 0 Å². The molecule has 0 saturated carbocycles. The van der Waals surface area contributed by atoms with Crippen LogP contribution in [0.25, 0.3) is 0 Å². The molecule has 0 aliphatic carbocycles. The molecule has 1 amide bonds. The van der Waals surface area contributed by atoms with Crippen LogP contribution in [-0.2, 0) is 21.2 Å². The summed E-state index contributed by atoms with van der Waals surface area (Å²) >= 11 is 3.40. The van der Waals surface area contributed by atoms with Gasteiger partial charge in [-0.05, 0) is 54.8 Å². The van der Waals surface area contributed by atoms with Crippen molar-refractivity contribution in [2.45, 2.75) is 24.7 Å². The van der Waals surface area contributed by atoms with Crippen molar-refractivity contribution in [1.82, 2.24) is 9.21 Å². The highest BCUT2D eigenvalue weighted by atomic mass is 79.9. The van der Waals surface area contributed by atoms with Gasteiger partial charge >= 0.3 is 0 Å². The van der Waals surface area contributed by atoms with Crippen molar-refractivity contribution in [3.63, 3.8) is 0 Å². The fourth-order valence-electron chi connectivity index (χ4n) is 3.31. The average Bonchev–Trinajstić information content (AvgIpc) is 2.74. The number of nitrogens with zero attached hydrogens (tertiary/aromatic N) is 2. The van der Waals surface area contributed by atoms with E-state index in [1.165, 1.54) is 4.31 Å². The molecule has 6 nitrogen and oxygen atoms in total. The Hall–Kier alpha value is -1.90. The monoisotopic (exact) mass is 480 g/mol. The molecule has 0 radical (unpaired) electrons. The van der Waals surface area contributed by atoms with Crippen LogP contribution in [0, 0.1) is 6.92 Å². The highest BCUT2D eigenvalue weighted by Crippen LogP contribution is 2.23. The van der Waals surface area contributed by atoms with Crippen LogP contribution in [0.5, 0.6) is 5.75 Å². The van der Waals surface area contributed by atoms with E-state index >= 15 is 0 Å². The number of amides is 1. The van der Waals surface area contributed by atoms with Gasteiger partial charge in [-0.25, -0.2) is 8.42 Å². The fraction of sp³-hybridized carbons (Fsp3) is 0.381. The van der Waals surface area contributed by atoms with E-state index in [9.17, 15) is 13.2 Å². The van der Waals surface area contributed by atoms with Crippen molar-refractivity contribution in [2.75, 3.05) is 33.3 Å². The van der Waals surface area contributed by atoms with Crippen LogP contribution in [-0.4, -0.2) is 56.8 Å². The number of hydrogen-bond donors (Lipinski definition) is 0. The van der Waals surface area contributed by atoms with E-state index in [1.54, 1.807) is 30.2 Å². The van der Waals surface area contributed by atoms with Crippen molar-refractivity contribution in [3.8, 4) is 5.75 Å². The van der Waals surface area contributed by atoms with E-state index in [1.807, 2.05) is 31.2 Å². The average molecular weight is 481 g/mol. The Morgan fingerprint density at radius 1 is 1.07 bits per heavy atom.